The average Bonchev–Trinajstić information content (AvgIpc) is 2.15. The van der Waals surface area contributed by atoms with Gasteiger partial charge in [-0.25, -0.2) is 0 Å². The van der Waals surface area contributed by atoms with Crippen molar-refractivity contribution < 1.29 is 5.11 Å². The lowest BCUT2D eigenvalue weighted by molar-refractivity contribution is 0.00184. The summed E-state index contributed by atoms with van der Waals surface area (Å²) in [6.07, 6.45) is 9.71. The Hall–Kier alpha value is 0.310. The second kappa shape index (κ2) is 5.30. The van der Waals surface area contributed by atoms with Crippen LogP contribution >= 0.6 is 11.8 Å². The van der Waals surface area contributed by atoms with E-state index in [2.05, 4.69) is 25.6 Å². The summed E-state index contributed by atoms with van der Waals surface area (Å²) >= 11 is 2.16. The van der Waals surface area contributed by atoms with Gasteiger partial charge in [-0.15, -0.1) is 0 Å². The fraction of sp³-hybridized carbons (Fsp3) is 1.00. The first-order valence-electron chi connectivity index (χ1n) is 6.95. The molecule has 0 aliphatic carbocycles. The predicted octanol–water partition coefficient (Wildman–Crippen LogP) is 3.99. The standard InChI is InChI=1S/C14H26OS/c1-11(2)5-4-8-14(15)9-12-6-3-7-13(10-14)16-12/h11-13,15H,3-10H2,1-2H3. The van der Waals surface area contributed by atoms with Crippen molar-refractivity contribution in [2.24, 2.45) is 5.92 Å². The van der Waals surface area contributed by atoms with Crippen molar-refractivity contribution in [3.05, 3.63) is 0 Å². The average molecular weight is 242 g/mol. The van der Waals surface area contributed by atoms with E-state index in [1.54, 1.807) is 0 Å². The second-order valence-electron chi connectivity index (χ2n) is 6.23. The molecule has 0 aromatic carbocycles. The van der Waals surface area contributed by atoms with Crippen LogP contribution < -0.4 is 0 Å². The Kier molecular flexibility index (Phi) is 4.23. The molecule has 0 amide bonds. The van der Waals surface area contributed by atoms with E-state index in [1.165, 1.54) is 32.1 Å². The first-order chi connectivity index (χ1) is 7.57. The van der Waals surface area contributed by atoms with Gasteiger partial charge in [-0.1, -0.05) is 33.1 Å². The molecule has 94 valence electrons. The van der Waals surface area contributed by atoms with Crippen molar-refractivity contribution in [3.63, 3.8) is 0 Å². The van der Waals surface area contributed by atoms with Crippen LogP contribution in [-0.2, 0) is 0 Å². The minimum absolute atomic E-state index is 0.310. The third-order valence-electron chi connectivity index (χ3n) is 4.08. The van der Waals surface area contributed by atoms with E-state index in [0.717, 1.165) is 35.7 Å². The predicted molar refractivity (Wildman–Crippen MR) is 71.9 cm³/mol. The lowest BCUT2D eigenvalue weighted by Gasteiger charge is -2.44. The summed E-state index contributed by atoms with van der Waals surface area (Å²) in [6.45, 7) is 4.55. The van der Waals surface area contributed by atoms with E-state index in [1.807, 2.05) is 0 Å². The van der Waals surface area contributed by atoms with Gasteiger partial charge in [0.25, 0.3) is 0 Å². The molecule has 1 N–H and O–H groups in total. The van der Waals surface area contributed by atoms with Crippen LogP contribution in [0.1, 0.15) is 65.2 Å². The largest absolute Gasteiger partial charge is 0.390 e. The number of fused-ring (bicyclic) bond motifs is 2. The molecule has 0 spiro atoms. The minimum Gasteiger partial charge on any atom is -0.390 e. The Morgan fingerprint density at radius 3 is 2.44 bits per heavy atom. The summed E-state index contributed by atoms with van der Waals surface area (Å²) in [5.74, 6) is 0.779. The molecule has 2 saturated heterocycles. The van der Waals surface area contributed by atoms with E-state index < -0.39 is 0 Å². The quantitative estimate of drug-likeness (QED) is 0.804. The monoisotopic (exact) mass is 242 g/mol. The molecule has 2 atom stereocenters. The van der Waals surface area contributed by atoms with Gasteiger partial charge >= 0.3 is 0 Å². The smallest absolute Gasteiger partial charge is 0.0668 e. The van der Waals surface area contributed by atoms with Crippen LogP contribution in [0.3, 0.4) is 0 Å². The summed E-state index contributed by atoms with van der Waals surface area (Å²) < 4.78 is 0. The molecule has 16 heavy (non-hydrogen) atoms. The van der Waals surface area contributed by atoms with Gasteiger partial charge in [0, 0.05) is 10.5 Å². The third kappa shape index (κ3) is 3.40. The molecule has 1 nitrogen and oxygen atoms in total. The van der Waals surface area contributed by atoms with Crippen LogP contribution in [0.25, 0.3) is 0 Å². The van der Waals surface area contributed by atoms with Crippen LogP contribution in [-0.4, -0.2) is 21.2 Å². The Balaban J connectivity index is 1.82. The highest BCUT2D eigenvalue weighted by Crippen LogP contribution is 2.47. The molecule has 2 aliphatic rings. The van der Waals surface area contributed by atoms with Gasteiger partial charge in [0.05, 0.1) is 5.60 Å². The van der Waals surface area contributed by atoms with Crippen molar-refractivity contribution in [3.8, 4) is 0 Å². The maximum atomic E-state index is 10.7. The molecule has 2 unspecified atom stereocenters. The molecule has 2 bridgehead atoms. The maximum Gasteiger partial charge on any atom is 0.0668 e. The number of hydrogen-bond donors (Lipinski definition) is 1. The first-order valence-corrected chi connectivity index (χ1v) is 7.89. The summed E-state index contributed by atoms with van der Waals surface area (Å²) in [6, 6.07) is 0. The van der Waals surface area contributed by atoms with Gasteiger partial charge in [-0.3, -0.25) is 0 Å². The van der Waals surface area contributed by atoms with E-state index in [9.17, 15) is 5.11 Å². The Labute approximate surface area is 104 Å². The highest BCUT2D eigenvalue weighted by Gasteiger charge is 2.40. The molecule has 2 heterocycles. The van der Waals surface area contributed by atoms with Gasteiger partial charge in [-0.05, 0) is 38.0 Å². The van der Waals surface area contributed by atoms with Crippen molar-refractivity contribution in [1.82, 2.24) is 0 Å². The van der Waals surface area contributed by atoms with Crippen LogP contribution in [0.4, 0.5) is 0 Å². The fourth-order valence-electron chi connectivity index (χ4n) is 3.26. The molecule has 0 aromatic heterocycles. The van der Waals surface area contributed by atoms with Gasteiger partial charge in [-0.2, -0.15) is 11.8 Å². The van der Waals surface area contributed by atoms with Gasteiger partial charge < -0.3 is 5.11 Å². The third-order valence-corrected chi connectivity index (χ3v) is 5.65. The van der Waals surface area contributed by atoms with Crippen molar-refractivity contribution in [1.29, 1.82) is 0 Å². The number of thioether (sulfide) groups is 1. The lowest BCUT2D eigenvalue weighted by atomic mass is 9.81. The number of rotatable bonds is 4. The zero-order valence-corrected chi connectivity index (χ0v) is 11.6. The van der Waals surface area contributed by atoms with E-state index in [-0.39, 0.29) is 5.60 Å². The summed E-state index contributed by atoms with van der Waals surface area (Å²) in [4.78, 5) is 0. The lowest BCUT2D eigenvalue weighted by Crippen LogP contribution is -2.42. The number of hydrogen-bond acceptors (Lipinski definition) is 2. The summed E-state index contributed by atoms with van der Waals surface area (Å²) in [7, 11) is 0. The Morgan fingerprint density at radius 2 is 1.88 bits per heavy atom. The SMILES string of the molecule is CC(C)CCCC1(O)CC2CCCC(C1)S2. The van der Waals surface area contributed by atoms with Crippen molar-refractivity contribution in [2.75, 3.05) is 0 Å². The summed E-state index contributed by atoms with van der Waals surface area (Å²) in [5.41, 5.74) is -0.310. The first kappa shape index (κ1) is 12.8. The molecule has 2 heteroatoms. The molecule has 0 radical (unpaired) electrons. The van der Waals surface area contributed by atoms with E-state index in [4.69, 9.17) is 0 Å². The Bertz CT molecular complexity index is 215. The second-order valence-corrected chi connectivity index (χ2v) is 7.84. The van der Waals surface area contributed by atoms with Gasteiger partial charge in [0.2, 0.25) is 0 Å². The topological polar surface area (TPSA) is 20.2 Å². The molecule has 0 aromatic rings. The Morgan fingerprint density at radius 1 is 1.25 bits per heavy atom. The minimum atomic E-state index is -0.310. The number of aliphatic hydroxyl groups is 1. The highest BCUT2D eigenvalue weighted by atomic mass is 32.2. The van der Waals surface area contributed by atoms with Crippen LogP contribution in [0.2, 0.25) is 0 Å². The van der Waals surface area contributed by atoms with Crippen molar-refractivity contribution >= 4 is 11.8 Å². The van der Waals surface area contributed by atoms with Gasteiger partial charge in [0.1, 0.15) is 0 Å². The van der Waals surface area contributed by atoms with Crippen LogP contribution in [0.15, 0.2) is 0 Å². The molecular weight excluding hydrogens is 216 g/mol. The molecular formula is C14H26OS. The normalized spacial score (nSPS) is 39.0. The zero-order chi connectivity index (χ0) is 11.6. The van der Waals surface area contributed by atoms with Gasteiger partial charge in [0.15, 0.2) is 0 Å². The fourth-order valence-corrected chi connectivity index (χ4v) is 5.22. The van der Waals surface area contributed by atoms with E-state index >= 15 is 0 Å². The van der Waals surface area contributed by atoms with Crippen LogP contribution in [0.5, 0.6) is 0 Å². The van der Waals surface area contributed by atoms with E-state index in [0.29, 0.717) is 0 Å². The van der Waals surface area contributed by atoms with Crippen LogP contribution in [0, 0.1) is 5.92 Å². The molecule has 2 aliphatic heterocycles. The van der Waals surface area contributed by atoms with Crippen molar-refractivity contribution in [2.45, 2.75) is 81.3 Å². The maximum absolute atomic E-state index is 10.7. The molecule has 2 fully saturated rings. The zero-order valence-electron chi connectivity index (χ0n) is 10.7. The summed E-state index contributed by atoms with van der Waals surface area (Å²) in [5, 5.41) is 12.2. The highest BCUT2D eigenvalue weighted by molar-refractivity contribution is 8.00. The molecule has 2 rings (SSSR count). The molecule has 0 saturated carbocycles.